The summed E-state index contributed by atoms with van der Waals surface area (Å²) in [6, 6.07) is 9.78. The summed E-state index contributed by atoms with van der Waals surface area (Å²) in [6.07, 6.45) is 6.78. The van der Waals surface area contributed by atoms with Crippen LogP contribution >= 0.6 is 11.6 Å². The van der Waals surface area contributed by atoms with Gasteiger partial charge in [-0.2, -0.15) is 0 Å². The van der Waals surface area contributed by atoms with Crippen LogP contribution in [0.15, 0.2) is 36.5 Å². The highest BCUT2D eigenvalue weighted by Gasteiger charge is 2.22. The van der Waals surface area contributed by atoms with Crippen molar-refractivity contribution >= 4 is 29.1 Å². The molecule has 4 rings (SSSR count). The summed E-state index contributed by atoms with van der Waals surface area (Å²) in [5.41, 5.74) is 3.43. The molecule has 1 aliphatic carbocycles. The van der Waals surface area contributed by atoms with Gasteiger partial charge in [-0.15, -0.1) is 0 Å². The van der Waals surface area contributed by atoms with Crippen molar-refractivity contribution in [1.82, 2.24) is 9.88 Å². The molecule has 1 aromatic heterocycles. The Hall–Kier alpha value is -2.40. The first-order valence-corrected chi connectivity index (χ1v) is 10.8. The second kappa shape index (κ2) is 8.95. The Bertz CT molecular complexity index is 889. The van der Waals surface area contributed by atoms with E-state index < -0.39 is 0 Å². The first kappa shape index (κ1) is 19.9. The number of rotatable bonds is 5. The number of Topliss-reactive ketones (excluding diaryl/α,β-unsaturated/α-hetero) is 1. The van der Waals surface area contributed by atoms with Crippen molar-refractivity contribution in [3.8, 4) is 0 Å². The molecular formula is C23H26ClN3O2. The Labute approximate surface area is 176 Å². The number of nitrogens with zero attached hydrogens (tertiary/aromatic N) is 3. The maximum absolute atomic E-state index is 12.6. The number of fused-ring (bicyclic) bond motifs is 1. The number of hydrogen-bond acceptors (Lipinski definition) is 4. The third-order valence-corrected chi connectivity index (χ3v) is 6.13. The number of piperazine rings is 1. The average Bonchev–Trinajstić information content (AvgIpc) is 2.77. The molecule has 1 amide bonds. The van der Waals surface area contributed by atoms with Crippen molar-refractivity contribution in [3.05, 3.63) is 58.2 Å². The van der Waals surface area contributed by atoms with Gasteiger partial charge in [0.2, 0.25) is 5.91 Å². The summed E-state index contributed by atoms with van der Waals surface area (Å²) in [5, 5.41) is 0.617. The Kier molecular flexibility index (Phi) is 6.14. The zero-order valence-electron chi connectivity index (χ0n) is 16.6. The van der Waals surface area contributed by atoms with E-state index in [-0.39, 0.29) is 24.5 Å². The van der Waals surface area contributed by atoms with Gasteiger partial charge in [0.25, 0.3) is 0 Å². The number of halogens is 1. The molecular weight excluding hydrogens is 386 g/mol. The number of amides is 1. The third-order valence-electron chi connectivity index (χ3n) is 5.90. The van der Waals surface area contributed by atoms with Crippen molar-refractivity contribution in [2.45, 2.75) is 38.5 Å². The molecule has 2 aliphatic rings. The number of ketones is 1. The predicted octanol–water partition coefficient (Wildman–Crippen LogP) is 3.93. The summed E-state index contributed by atoms with van der Waals surface area (Å²) in [6.45, 7) is 2.77. The molecule has 2 heterocycles. The van der Waals surface area contributed by atoms with Crippen LogP contribution in [-0.4, -0.2) is 47.8 Å². The molecule has 1 saturated heterocycles. The standard InChI is InChI=1S/C23H26ClN3O2/c24-20-7-9-22(25-16-20)26-11-13-27(14-12-26)23(29)10-8-21(28)19-6-5-17-3-1-2-4-18(17)15-19/h5-7,9,15-16H,1-4,8,10-14H2. The van der Waals surface area contributed by atoms with Gasteiger partial charge in [0, 0.05) is 50.8 Å². The minimum Gasteiger partial charge on any atom is -0.353 e. The van der Waals surface area contributed by atoms with Crippen molar-refractivity contribution in [1.29, 1.82) is 0 Å². The molecule has 2 aromatic rings. The molecule has 1 fully saturated rings. The van der Waals surface area contributed by atoms with Gasteiger partial charge >= 0.3 is 0 Å². The van der Waals surface area contributed by atoms with Crippen LogP contribution in [0.1, 0.15) is 47.2 Å². The molecule has 0 radical (unpaired) electrons. The van der Waals surface area contributed by atoms with Crippen LogP contribution in [-0.2, 0) is 17.6 Å². The summed E-state index contributed by atoms with van der Waals surface area (Å²) in [4.78, 5) is 33.5. The van der Waals surface area contributed by atoms with E-state index in [1.54, 1.807) is 6.20 Å². The van der Waals surface area contributed by atoms with E-state index in [0.717, 1.165) is 37.3 Å². The normalized spacial score (nSPS) is 16.4. The first-order chi connectivity index (χ1) is 14.1. The SMILES string of the molecule is O=C(CCC(=O)N1CCN(c2ccc(Cl)cn2)CC1)c1ccc2c(c1)CCCC2. The van der Waals surface area contributed by atoms with Crippen LogP contribution in [0.3, 0.4) is 0 Å². The largest absolute Gasteiger partial charge is 0.353 e. The van der Waals surface area contributed by atoms with Gasteiger partial charge in [0.05, 0.1) is 5.02 Å². The van der Waals surface area contributed by atoms with E-state index in [4.69, 9.17) is 11.6 Å². The zero-order valence-corrected chi connectivity index (χ0v) is 17.3. The fourth-order valence-corrected chi connectivity index (χ4v) is 4.28. The van der Waals surface area contributed by atoms with E-state index in [1.807, 2.05) is 29.2 Å². The summed E-state index contributed by atoms with van der Waals surface area (Å²) < 4.78 is 0. The molecule has 1 aliphatic heterocycles. The lowest BCUT2D eigenvalue weighted by Crippen LogP contribution is -2.49. The molecule has 0 bridgehead atoms. The number of pyridine rings is 1. The van der Waals surface area contributed by atoms with Crippen LogP contribution in [0.4, 0.5) is 5.82 Å². The van der Waals surface area contributed by atoms with E-state index in [9.17, 15) is 9.59 Å². The highest BCUT2D eigenvalue weighted by atomic mass is 35.5. The second-order valence-corrected chi connectivity index (χ2v) is 8.25. The summed E-state index contributed by atoms with van der Waals surface area (Å²) >= 11 is 5.89. The molecule has 152 valence electrons. The van der Waals surface area contributed by atoms with Crippen molar-refractivity contribution < 1.29 is 9.59 Å². The smallest absolute Gasteiger partial charge is 0.223 e. The van der Waals surface area contributed by atoms with E-state index >= 15 is 0 Å². The van der Waals surface area contributed by atoms with E-state index in [2.05, 4.69) is 16.0 Å². The number of carbonyl (C=O) groups is 2. The second-order valence-electron chi connectivity index (χ2n) is 7.82. The van der Waals surface area contributed by atoms with Gasteiger partial charge in [-0.3, -0.25) is 9.59 Å². The fourth-order valence-electron chi connectivity index (χ4n) is 4.17. The minimum absolute atomic E-state index is 0.0556. The minimum atomic E-state index is 0.0556. The molecule has 0 unspecified atom stereocenters. The summed E-state index contributed by atoms with van der Waals surface area (Å²) in [7, 11) is 0. The van der Waals surface area contributed by atoms with E-state index in [1.165, 1.54) is 24.0 Å². The van der Waals surface area contributed by atoms with Gasteiger partial charge < -0.3 is 9.80 Å². The number of aromatic nitrogens is 1. The Balaban J connectivity index is 1.27. The lowest BCUT2D eigenvalue weighted by molar-refractivity contribution is -0.131. The zero-order chi connectivity index (χ0) is 20.2. The monoisotopic (exact) mass is 411 g/mol. The maximum atomic E-state index is 12.6. The first-order valence-electron chi connectivity index (χ1n) is 10.4. The van der Waals surface area contributed by atoms with Crippen molar-refractivity contribution in [2.24, 2.45) is 0 Å². The quantitative estimate of drug-likeness (QED) is 0.699. The molecule has 1 aromatic carbocycles. The van der Waals surface area contributed by atoms with Gasteiger partial charge in [-0.1, -0.05) is 23.7 Å². The van der Waals surface area contributed by atoms with Crippen molar-refractivity contribution in [3.63, 3.8) is 0 Å². The number of anilines is 1. The van der Waals surface area contributed by atoms with Crippen LogP contribution in [0.2, 0.25) is 5.02 Å². The number of hydrogen-bond donors (Lipinski definition) is 0. The van der Waals surface area contributed by atoms with Crippen LogP contribution < -0.4 is 4.90 Å². The Morgan fingerprint density at radius 2 is 1.69 bits per heavy atom. The van der Waals surface area contributed by atoms with Gasteiger partial charge in [0.15, 0.2) is 5.78 Å². The molecule has 0 N–H and O–H groups in total. The topological polar surface area (TPSA) is 53.5 Å². The predicted molar refractivity (Wildman–Crippen MR) is 115 cm³/mol. The highest BCUT2D eigenvalue weighted by molar-refractivity contribution is 6.30. The lowest BCUT2D eigenvalue weighted by Gasteiger charge is -2.35. The molecule has 29 heavy (non-hydrogen) atoms. The Morgan fingerprint density at radius 1 is 0.931 bits per heavy atom. The van der Waals surface area contributed by atoms with Gasteiger partial charge in [-0.25, -0.2) is 4.98 Å². The van der Waals surface area contributed by atoms with Gasteiger partial charge in [0.1, 0.15) is 5.82 Å². The molecule has 6 heteroatoms. The number of aryl methyl sites for hydroxylation is 2. The average molecular weight is 412 g/mol. The number of benzene rings is 1. The van der Waals surface area contributed by atoms with Crippen LogP contribution in [0.25, 0.3) is 0 Å². The van der Waals surface area contributed by atoms with Crippen LogP contribution in [0, 0.1) is 0 Å². The molecule has 5 nitrogen and oxygen atoms in total. The molecule has 0 spiro atoms. The number of carbonyl (C=O) groups excluding carboxylic acids is 2. The third kappa shape index (κ3) is 4.78. The fraction of sp³-hybridized carbons (Fsp3) is 0.435. The summed E-state index contributed by atoms with van der Waals surface area (Å²) in [5.74, 6) is 1.000. The van der Waals surface area contributed by atoms with E-state index in [0.29, 0.717) is 18.1 Å². The van der Waals surface area contributed by atoms with Crippen molar-refractivity contribution in [2.75, 3.05) is 31.1 Å². The maximum Gasteiger partial charge on any atom is 0.223 e. The molecule has 0 saturated carbocycles. The highest BCUT2D eigenvalue weighted by Crippen LogP contribution is 2.23. The van der Waals surface area contributed by atoms with Crippen LogP contribution in [0.5, 0.6) is 0 Å². The van der Waals surface area contributed by atoms with Gasteiger partial charge in [-0.05, 0) is 55.0 Å². The molecule has 0 atom stereocenters. The lowest BCUT2D eigenvalue weighted by atomic mass is 9.89. The Morgan fingerprint density at radius 3 is 2.41 bits per heavy atom.